The van der Waals surface area contributed by atoms with E-state index in [-0.39, 0.29) is 0 Å². The van der Waals surface area contributed by atoms with Gasteiger partial charge >= 0.3 is 0 Å². The van der Waals surface area contributed by atoms with E-state index in [1.54, 1.807) is 0 Å². The zero-order valence-electron chi connectivity index (χ0n) is 12.2. The van der Waals surface area contributed by atoms with E-state index in [9.17, 15) is 0 Å². The van der Waals surface area contributed by atoms with Crippen molar-refractivity contribution in [2.75, 3.05) is 24.3 Å². The number of anilines is 2. The van der Waals surface area contributed by atoms with Crippen molar-refractivity contribution in [3.63, 3.8) is 0 Å². The number of nitrogens with one attached hydrogen (secondary N) is 1. The molecule has 2 rings (SSSR count). The first-order valence-electron chi connectivity index (χ1n) is 6.63. The monoisotopic (exact) mass is 254 g/mol. The van der Waals surface area contributed by atoms with Crippen LogP contribution in [-0.2, 0) is 6.54 Å². The standard InChI is InChI=1S/C17H22N2/c1-13-8-9-14(2)15(10-13)12-18-16-6-5-7-17(11-16)19(3)4/h5-11,18H,12H2,1-4H3. The van der Waals surface area contributed by atoms with Crippen molar-refractivity contribution in [2.24, 2.45) is 0 Å². The first-order chi connectivity index (χ1) is 9.06. The van der Waals surface area contributed by atoms with Crippen LogP contribution in [0.15, 0.2) is 42.5 Å². The number of rotatable bonds is 4. The van der Waals surface area contributed by atoms with E-state index in [0.29, 0.717) is 0 Å². The third-order valence-electron chi connectivity index (χ3n) is 3.35. The molecule has 0 aliphatic rings. The van der Waals surface area contributed by atoms with Crippen LogP contribution in [0.25, 0.3) is 0 Å². The van der Waals surface area contributed by atoms with Crippen LogP contribution >= 0.6 is 0 Å². The van der Waals surface area contributed by atoms with Crippen LogP contribution in [-0.4, -0.2) is 14.1 Å². The van der Waals surface area contributed by atoms with E-state index in [1.807, 2.05) is 0 Å². The third-order valence-corrected chi connectivity index (χ3v) is 3.35. The average Bonchev–Trinajstić information content (AvgIpc) is 2.40. The lowest BCUT2D eigenvalue weighted by Crippen LogP contribution is -2.09. The van der Waals surface area contributed by atoms with E-state index in [1.165, 1.54) is 22.4 Å². The average molecular weight is 254 g/mol. The Bertz CT molecular complexity index is 559. The van der Waals surface area contributed by atoms with Crippen molar-refractivity contribution in [1.29, 1.82) is 0 Å². The highest BCUT2D eigenvalue weighted by Gasteiger charge is 2.00. The minimum atomic E-state index is 0.865. The van der Waals surface area contributed by atoms with Crippen LogP contribution in [0, 0.1) is 13.8 Å². The highest BCUT2D eigenvalue weighted by Crippen LogP contribution is 2.19. The van der Waals surface area contributed by atoms with Gasteiger partial charge in [-0.1, -0.05) is 29.8 Å². The van der Waals surface area contributed by atoms with Gasteiger partial charge in [0.15, 0.2) is 0 Å². The van der Waals surface area contributed by atoms with Crippen molar-refractivity contribution < 1.29 is 0 Å². The van der Waals surface area contributed by atoms with Gasteiger partial charge in [-0.2, -0.15) is 0 Å². The largest absolute Gasteiger partial charge is 0.381 e. The summed E-state index contributed by atoms with van der Waals surface area (Å²) in [6.45, 7) is 5.16. The maximum absolute atomic E-state index is 3.50. The molecule has 0 aromatic heterocycles. The molecule has 2 heteroatoms. The molecule has 0 saturated carbocycles. The fourth-order valence-electron chi connectivity index (χ4n) is 2.08. The molecule has 19 heavy (non-hydrogen) atoms. The third kappa shape index (κ3) is 3.50. The van der Waals surface area contributed by atoms with Gasteiger partial charge in [-0.3, -0.25) is 0 Å². The molecule has 0 fully saturated rings. The molecular formula is C17H22N2. The zero-order valence-corrected chi connectivity index (χ0v) is 12.2. The molecule has 0 unspecified atom stereocenters. The summed E-state index contributed by atoms with van der Waals surface area (Å²) >= 11 is 0. The lowest BCUT2D eigenvalue weighted by atomic mass is 10.1. The predicted molar refractivity (Wildman–Crippen MR) is 84.0 cm³/mol. The summed E-state index contributed by atoms with van der Waals surface area (Å²) in [6, 6.07) is 15.1. The Morgan fingerprint density at radius 3 is 2.53 bits per heavy atom. The van der Waals surface area contributed by atoms with Crippen molar-refractivity contribution in [2.45, 2.75) is 20.4 Å². The summed E-state index contributed by atoms with van der Waals surface area (Å²) in [4.78, 5) is 2.11. The van der Waals surface area contributed by atoms with Crippen LogP contribution in [0.1, 0.15) is 16.7 Å². The molecule has 1 N–H and O–H groups in total. The fraction of sp³-hybridized carbons (Fsp3) is 0.294. The summed E-state index contributed by atoms with van der Waals surface area (Å²) in [5.74, 6) is 0. The van der Waals surface area contributed by atoms with Gasteiger partial charge in [0, 0.05) is 32.0 Å². The maximum Gasteiger partial charge on any atom is 0.0403 e. The molecule has 0 radical (unpaired) electrons. The number of hydrogen-bond acceptors (Lipinski definition) is 2. The van der Waals surface area contributed by atoms with Gasteiger partial charge in [-0.05, 0) is 43.2 Å². The van der Waals surface area contributed by atoms with Crippen molar-refractivity contribution in [1.82, 2.24) is 0 Å². The van der Waals surface area contributed by atoms with Gasteiger partial charge in [-0.15, -0.1) is 0 Å². The topological polar surface area (TPSA) is 15.3 Å². The Morgan fingerprint density at radius 2 is 1.79 bits per heavy atom. The van der Waals surface area contributed by atoms with Crippen molar-refractivity contribution in [3.05, 3.63) is 59.2 Å². The van der Waals surface area contributed by atoms with Gasteiger partial charge in [0.25, 0.3) is 0 Å². The smallest absolute Gasteiger partial charge is 0.0403 e. The zero-order chi connectivity index (χ0) is 13.8. The Balaban J connectivity index is 2.10. The minimum absolute atomic E-state index is 0.865. The lowest BCUT2D eigenvalue weighted by molar-refractivity contribution is 1.10. The highest BCUT2D eigenvalue weighted by atomic mass is 15.1. The lowest BCUT2D eigenvalue weighted by Gasteiger charge is -2.15. The van der Waals surface area contributed by atoms with Gasteiger partial charge in [0.2, 0.25) is 0 Å². The predicted octanol–water partition coefficient (Wildman–Crippen LogP) is 3.98. The second-order valence-electron chi connectivity index (χ2n) is 5.23. The summed E-state index contributed by atoms with van der Waals surface area (Å²) < 4.78 is 0. The van der Waals surface area contributed by atoms with Crippen LogP contribution < -0.4 is 10.2 Å². The van der Waals surface area contributed by atoms with Gasteiger partial charge in [-0.25, -0.2) is 0 Å². The van der Waals surface area contributed by atoms with Gasteiger partial charge < -0.3 is 10.2 Å². The minimum Gasteiger partial charge on any atom is -0.381 e. The molecule has 0 aliphatic heterocycles. The molecular weight excluding hydrogens is 232 g/mol. The Kier molecular flexibility index (Phi) is 4.10. The number of aryl methyl sites for hydroxylation is 2. The highest BCUT2D eigenvalue weighted by molar-refractivity contribution is 5.57. The van der Waals surface area contributed by atoms with Crippen molar-refractivity contribution >= 4 is 11.4 Å². The van der Waals surface area contributed by atoms with Crippen LogP contribution in [0.5, 0.6) is 0 Å². The number of nitrogens with zero attached hydrogens (tertiary/aromatic N) is 1. The molecule has 0 heterocycles. The molecule has 0 amide bonds. The molecule has 2 aromatic carbocycles. The molecule has 0 aliphatic carbocycles. The summed E-state index contributed by atoms with van der Waals surface area (Å²) in [6.07, 6.45) is 0. The summed E-state index contributed by atoms with van der Waals surface area (Å²) in [5.41, 5.74) is 6.37. The fourth-order valence-corrected chi connectivity index (χ4v) is 2.08. The molecule has 2 aromatic rings. The van der Waals surface area contributed by atoms with E-state index in [0.717, 1.165) is 12.2 Å². The van der Waals surface area contributed by atoms with E-state index in [2.05, 4.69) is 80.6 Å². The first-order valence-corrected chi connectivity index (χ1v) is 6.63. The number of hydrogen-bond donors (Lipinski definition) is 1. The first kappa shape index (κ1) is 13.5. The summed E-state index contributed by atoms with van der Waals surface area (Å²) in [5, 5.41) is 3.50. The molecule has 100 valence electrons. The van der Waals surface area contributed by atoms with Crippen molar-refractivity contribution in [3.8, 4) is 0 Å². The SMILES string of the molecule is Cc1ccc(C)c(CNc2cccc(N(C)C)c2)c1. The van der Waals surface area contributed by atoms with Gasteiger partial charge in [0.05, 0.1) is 0 Å². The molecule has 0 atom stereocenters. The molecule has 0 saturated heterocycles. The number of benzene rings is 2. The maximum atomic E-state index is 3.50. The Labute approximate surface area is 116 Å². The summed E-state index contributed by atoms with van der Waals surface area (Å²) in [7, 11) is 4.12. The second kappa shape index (κ2) is 5.79. The quantitative estimate of drug-likeness (QED) is 0.887. The molecule has 2 nitrogen and oxygen atoms in total. The molecule has 0 bridgehead atoms. The Morgan fingerprint density at radius 1 is 1.00 bits per heavy atom. The second-order valence-corrected chi connectivity index (χ2v) is 5.23. The van der Waals surface area contributed by atoms with Crippen LogP contribution in [0.3, 0.4) is 0 Å². The van der Waals surface area contributed by atoms with E-state index in [4.69, 9.17) is 0 Å². The normalized spacial score (nSPS) is 10.3. The van der Waals surface area contributed by atoms with Crippen LogP contribution in [0.2, 0.25) is 0 Å². The van der Waals surface area contributed by atoms with E-state index < -0.39 is 0 Å². The van der Waals surface area contributed by atoms with Crippen LogP contribution in [0.4, 0.5) is 11.4 Å². The Hall–Kier alpha value is -1.96. The van der Waals surface area contributed by atoms with E-state index >= 15 is 0 Å². The van der Waals surface area contributed by atoms with Gasteiger partial charge in [0.1, 0.15) is 0 Å². The molecule has 0 spiro atoms.